The van der Waals surface area contributed by atoms with Crippen molar-refractivity contribution in [2.24, 2.45) is 5.92 Å². The molecule has 3 aliphatic rings. The molecule has 7 nitrogen and oxygen atoms in total. The molecule has 0 bridgehead atoms. The Bertz CT molecular complexity index is 1540. The third kappa shape index (κ3) is 8.27. The van der Waals surface area contributed by atoms with E-state index in [1.807, 2.05) is 66.7 Å². The number of carbonyl (C=O) groups excluding carboxylic acids is 2. The van der Waals surface area contributed by atoms with E-state index < -0.39 is 17.7 Å². The van der Waals surface area contributed by atoms with E-state index in [4.69, 9.17) is 4.74 Å². The quantitative estimate of drug-likeness (QED) is 0.183. The van der Waals surface area contributed by atoms with Crippen LogP contribution in [0.5, 0.6) is 11.5 Å². The maximum absolute atomic E-state index is 14.0. The molecule has 2 atom stereocenters. The van der Waals surface area contributed by atoms with E-state index in [1.54, 1.807) is 0 Å². The first-order valence-electron chi connectivity index (χ1n) is 18.5. The smallest absolute Gasteiger partial charge is 0.248 e. The maximum Gasteiger partial charge on any atom is 0.248 e. The highest BCUT2D eigenvalue weighted by Crippen LogP contribution is 2.40. The highest BCUT2D eigenvalue weighted by atomic mass is 16.5. The van der Waals surface area contributed by atoms with E-state index in [2.05, 4.69) is 40.8 Å². The van der Waals surface area contributed by atoms with Crippen molar-refractivity contribution in [1.29, 1.82) is 0 Å². The fourth-order valence-electron chi connectivity index (χ4n) is 8.01. The fraction of sp³-hybridized carbons (Fsp3) is 0.476. The number of piperidine rings is 1. The van der Waals surface area contributed by atoms with E-state index in [0.717, 1.165) is 88.9 Å². The van der Waals surface area contributed by atoms with E-state index in [9.17, 15) is 14.7 Å². The van der Waals surface area contributed by atoms with Crippen molar-refractivity contribution < 1.29 is 19.4 Å². The van der Waals surface area contributed by atoms with E-state index in [1.165, 1.54) is 17.5 Å². The standard InChI is InChI=1S/C42H53N3O4/c1-3-4-27-45-41(48)39(40(47)35-13-9-6-10-14-35)43-31(2)42(45)25-28-44(29-26-42)30-33-15-20-36(21-16-33)49-37-22-18-34(19-23-37)38(46)24-17-32-11-7-5-8-12-32/h5,7-8,11-12,15-16,18-23,35,39-40,43,47H,2-4,6,9-10,13-14,17,24-30H2,1H3/t39-,40+/m0/s1. The summed E-state index contributed by atoms with van der Waals surface area (Å²) in [7, 11) is 0. The van der Waals surface area contributed by atoms with Gasteiger partial charge in [0.1, 0.15) is 17.5 Å². The Kier molecular flexibility index (Phi) is 11.5. The number of aryl methyl sites for hydroxylation is 1. The van der Waals surface area contributed by atoms with Gasteiger partial charge in [-0.3, -0.25) is 14.5 Å². The summed E-state index contributed by atoms with van der Waals surface area (Å²) in [5.74, 6) is 1.81. The van der Waals surface area contributed by atoms with Crippen molar-refractivity contribution in [2.45, 2.75) is 102 Å². The molecular formula is C42H53N3O4. The fourth-order valence-corrected chi connectivity index (χ4v) is 8.01. The van der Waals surface area contributed by atoms with E-state index in [0.29, 0.717) is 24.3 Å². The van der Waals surface area contributed by atoms with Gasteiger partial charge in [-0.25, -0.2) is 0 Å². The van der Waals surface area contributed by atoms with Gasteiger partial charge in [0.05, 0.1) is 11.6 Å². The van der Waals surface area contributed by atoms with Crippen molar-refractivity contribution in [1.82, 2.24) is 15.1 Å². The number of unbranched alkanes of at least 4 members (excludes halogenated alkanes) is 1. The Labute approximate surface area is 292 Å². The summed E-state index contributed by atoms with van der Waals surface area (Å²) in [4.78, 5) is 31.2. The molecule has 2 heterocycles. The minimum atomic E-state index is -0.670. The average molecular weight is 664 g/mol. The van der Waals surface area contributed by atoms with Gasteiger partial charge < -0.3 is 20.1 Å². The van der Waals surface area contributed by atoms with Crippen molar-refractivity contribution in [3.63, 3.8) is 0 Å². The third-order valence-electron chi connectivity index (χ3n) is 11.1. The number of ketones is 1. The molecule has 1 amide bonds. The number of amides is 1. The summed E-state index contributed by atoms with van der Waals surface area (Å²) in [6.45, 7) is 9.90. The predicted octanol–water partition coefficient (Wildman–Crippen LogP) is 7.68. The van der Waals surface area contributed by atoms with E-state index >= 15 is 0 Å². The summed E-state index contributed by atoms with van der Waals surface area (Å²) in [6, 6.07) is 25.1. The van der Waals surface area contributed by atoms with Gasteiger partial charge >= 0.3 is 0 Å². The lowest BCUT2D eigenvalue weighted by Crippen LogP contribution is -2.70. The first-order chi connectivity index (χ1) is 23.9. The normalized spacial score (nSPS) is 20.6. The Morgan fingerprint density at radius 1 is 0.939 bits per heavy atom. The number of aliphatic hydroxyl groups excluding tert-OH is 1. The van der Waals surface area contributed by atoms with Gasteiger partial charge in [0, 0.05) is 43.9 Å². The first-order valence-corrected chi connectivity index (χ1v) is 18.5. The molecular weight excluding hydrogens is 610 g/mol. The molecule has 0 aromatic heterocycles. The van der Waals surface area contributed by atoms with Crippen LogP contribution in [0.15, 0.2) is 91.1 Å². The number of hydrogen-bond acceptors (Lipinski definition) is 6. The average Bonchev–Trinajstić information content (AvgIpc) is 3.14. The van der Waals surface area contributed by atoms with Gasteiger partial charge in [0.15, 0.2) is 5.78 Å². The van der Waals surface area contributed by atoms with Crippen LogP contribution in [0.4, 0.5) is 0 Å². The molecule has 2 aliphatic heterocycles. The molecule has 3 fully saturated rings. The van der Waals surface area contributed by atoms with Gasteiger partial charge in [0.25, 0.3) is 0 Å². The largest absolute Gasteiger partial charge is 0.457 e. The van der Waals surface area contributed by atoms with Gasteiger partial charge in [-0.15, -0.1) is 0 Å². The minimum absolute atomic E-state index is 0.0484. The zero-order valence-corrected chi connectivity index (χ0v) is 29.1. The summed E-state index contributed by atoms with van der Waals surface area (Å²) < 4.78 is 6.10. The van der Waals surface area contributed by atoms with Crippen LogP contribution < -0.4 is 10.1 Å². The molecule has 49 heavy (non-hydrogen) atoms. The highest BCUT2D eigenvalue weighted by Gasteiger charge is 2.52. The lowest BCUT2D eigenvalue weighted by Gasteiger charge is -2.55. The van der Waals surface area contributed by atoms with Gasteiger partial charge in [-0.1, -0.05) is 81.7 Å². The van der Waals surface area contributed by atoms with Gasteiger partial charge in [-0.2, -0.15) is 0 Å². The number of hydrogen-bond donors (Lipinski definition) is 2. The summed E-state index contributed by atoms with van der Waals surface area (Å²) >= 11 is 0. The summed E-state index contributed by atoms with van der Waals surface area (Å²) in [5, 5.41) is 14.8. The number of rotatable bonds is 13. The van der Waals surface area contributed by atoms with Gasteiger partial charge in [0.2, 0.25) is 5.91 Å². The number of likely N-dealkylation sites (tertiary alicyclic amines) is 1. The van der Waals surface area contributed by atoms with Crippen LogP contribution in [-0.4, -0.2) is 63.9 Å². The van der Waals surface area contributed by atoms with Crippen LogP contribution in [0.3, 0.4) is 0 Å². The number of nitrogens with one attached hydrogen (secondary N) is 1. The summed E-state index contributed by atoms with van der Waals surface area (Å²) in [6.07, 6.45) is 9.63. The van der Waals surface area contributed by atoms with Crippen LogP contribution in [-0.2, 0) is 17.8 Å². The molecule has 1 spiro atoms. The summed E-state index contributed by atoms with van der Waals surface area (Å²) in [5.41, 5.74) is 3.56. The van der Waals surface area contributed by atoms with Crippen LogP contribution in [0.2, 0.25) is 0 Å². The number of nitrogens with zero attached hydrogens (tertiary/aromatic N) is 2. The van der Waals surface area contributed by atoms with Crippen LogP contribution in [0, 0.1) is 5.92 Å². The molecule has 0 unspecified atom stereocenters. The number of ether oxygens (including phenoxy) is 1. The first kappa shape index (κ1) is 34.9. The number of aliphatic hydroxyl groups is 1. The molecule has 3 aromatic rings. The molecule has 3 aromatic carbocycles. The van der Waals surface area contributed by atoms with Crippen LogP contribution >= 0.6 is 0 Å². The second-order valence-corrected chi connectivity index (χ2v) is 14.3. The highest BCUT2D eigenvalue weighted by molar-refractivity contribution is 5.96. The lowest BCUT2D eigenvalue weighted by atomic mass is 9.76. The van der Waals surface area contributed by atoms with Crippen molar-refractivity contribution in [2.75, 3.05) is 19.6 Å². The monoisotopic (exact) mass is 663 g/mol. The van der Waals surface area contributed by atoms with Crippen LogP contribution in [0.25, 0.3) is 0 Å². The lowest BCUT2D eigenvalue weighted by molar-refractivity contribution is -0.149. The Morgan fingerprint density at radius 3 is 2.24 bits per heavy atom. The number of benzene rings is 3. The van der Waals surface area contributed by atoms with Crippen LogP contribution in [0.1, 0.15) is 92.6 Å². The number of Topliss-reactive ketones (excluding diaryl/α,β-unsaturated/α-hetero) is 1. The SMILES string of the molecule is C=C1N[C@@H]([C@H](O)C2CCCCC2)C(=O)N(CCCC)C12CCN(Cc1ccc(Oc3ccc(C(=O)CCc4ccccc4)cc3)cc1)CC2. The maximum atomic E-state index is 14.0. The second-order valence-electron chi connectivity index (χ2n) is 14.3. The Balaban J connectivity index is 1.01. The second kappa shape index (κ2) is 16.2. The van der Waals surface area contributed by atoms with E-state index in [-0.39, 0.29) is 17.6 Å². The molecule has 7 heteroatoms. The molecule has 0 radical (unpaired) electrons. The molecule has 2 N–H and O–H groups in total. The molecule has 2 saturated heterocycles. The zero-order chi connectivity index (χ0) is 34.2. The zero-order valence-electron chi connectivity index (χ0n) is 29.1. The number of piperazine rings is 1. The molecule has 1 aliphatic carbocycles. The van der Waals surface area contributed by atoms with Crippen molar-refractivity contribution in [3.05, 3.63) is 108 Å². The van der Waals surface area contributed by atoms with Crippen molar-refractivity contribution >= 4 is 11.7 Å². The van der Waals surface area contributed by atoms with Crippen molar-refractivity contribution in [3.8, 4) is 11.5 Å². The Morgan fingerprint density at radius 2 is 1.59 bits per heavy atom. The number of carbonyl (C=O) groups is 2. The van der Waals surface area contributed by atoms with Gasteiger partial charge in [-0.05, 0) is 92.0 Å². The molecule has 6 rings (SSSR count). The minimum Gasteiger partial charge on any atom is -0.457 e. The molecule has 260 valence electrons. The molecule has 1 saturated carbocycles. The third-order valence-corrected chi connectivity index (χ3v) is 11.1. The predicted molar refractivity (Wildman–Crippen MR) is 195 cm³/mol. The topological polar surface area (TPSA) is 82.1 Å². The Hall–Kier alpha value is -3.94.